The minimum atomic E-state index is -0.187. The molecule has 0 unspecified atom stereocenters. The third-order valence-electron chi connectivity index (χ3n) is 3.13. The number of nitrogens with one attached hydrogen (secondary N) is 1. The first-order valence-corrected chi connectivity index (χ1v) is 7.55. The molecule has 3 aromatic rings. The third-order valence-corrected chi connectivity index (χ3v) is 3.81. The van der Waals surface area contributed by atoms with E-state index in [0.29, 0.717) is 10.6 Å². The Morgan fingerprint density at radius 1 is 0.952 bits per heavy atom. The number of carbonyl (C=O) groups is 1. The van der Waals surface area contributed by atoms with Crippen molar-refractivity contribution in [2.45, 2.75) is 0 Å². The number of benzene rings is 3. The predicted octanol–water partition coefficient (Wildman–Crippen LogP) is 5.51. The molecule has 0 saturated heterocycles. The second-order valence-electron chi connectivity index (χ2n) is 4.67. The van der Waals surface area contributed by atoms with Gasteiger partial charge >= 0.3 is 0 Å². The SMILES string of the molecule is O=C(Nc1ccc2ccccc2c1)c1cc(Cl)cc(Br)c1. The first kappa shape index (κ1) is 14.1. The highest BCUT2D eigenvalue weighted by Crippen LogP contribution is 2.22. The van der Waals surface area contributed by atoms with E-state index in [0.717, 1.165) is 20.9 Å². The number of rotatable bonds is 2. The standard InChI is InChI=1S/C17H11BrClNO/c18-14-7-13(8-15(19)10-14)17(21)20-16-6-5-11-3-1-2-4-12(11)9-16/h1-10H,(H,20,21). The number of anilines is 1. The van der Waals surface area contributed by atoms with Crippen LogP contribution >= 0.6 is 27.5 Å². The highest BCUT2D eigenvalue weighted by Gasteiger charge is 2.08. The molecule has 104 valence electrons. The molecule has 1 N–H and O–H groups in total. The van der Waals surface area contributed by atoms with Gasteiger partial charge in [-0.25, -0.2) is 0 Å². The number of hydrogen-bond acceptors (Lipinski definition) is 1. The van der Waals surface area contributed by atoms with Crippen LogP contribution in [0.15, 0.2) is 65.1 Å². The van der Waals surface area contributed by atoms with E-state index < -0.39 is 0 Å². The van der Waals surface area contributed by atoms with Crippen molar-refractivity contribution in [3.05, 3.63) is 75.7 Å². The van der Waals surface area contributed by atoms with E-state index in [1.807, 2.05) is 42.5 Å². The number of halogens is 2. The molecule has 0 fully saturated rings. The molecule has 0 heterocycles. The molecule has 0 aliphatic carbocycles. The van der Waals surface area contributed by atoms with Crippen molar-refractivity contribution in [3.8, 4) is 0 Å². The van der Waals surface area contributed by atoms with Crippen LogP contribution in [0.1, 0.15) is 10.4 Å². The second-order valence-corrected chi connectivity index (χ2v) is 6.03. The van der Waals surface area contributed by atoms with Gasteiger partial charge in [-0.1, -0.05) is 57.9 Å². The molecule has 3 aromatic carbocycles. The van der Waals surface area contributed by atoms with Crippen molar-refractivity contribution in [2.24, 2.45) is 0 Å². The van der Waals surface area contributed by atoms with Crippen LogP contribution in [0.25, 0.3) is 10.8 Å². The van der Waals surface area contributed by atoms with Crippen LogP contribution in [0, 0.1) is 0 Å². The molecular formula is C17H11BrClNO. The van der Waals surface area contributed by atoms with E-state index in [1.165, 1.54) is 0 Å². The summed E-state index contributed by atoms with van der Waals surface area (Å²) >= 11 is 9.30. The van der Waals surface area contributed by atoms with Gasteiger partial charge in [-0.15, -0.1) is 0 Å². The Balaban J connectivity index is 1.88. The van der Waals surface area contributed by atoms with Gasteiger partial charge in [0.25, 0.3) is 5.91 Å². The Hall–Kier alpha value is -1.84. The first-order chi connectivity index (χ1) is 10.1. The van der Waals surface area contributed by atoms with Crippen LogP contribution in [0.3, 0.4) is 0 Å². The minimum absolute atomic E-state index is 0.187. The molecule has 21 heavy (non-hydrogen) atoms. The summed E-state index contributed by atoms with van der Waals surface area (Å²) in [6.45, 7) is 0. The summed E-state index contributed by atoms with van der Waals surface area (Å²) in [5.41, 5.74) is 1.28. The molecule has 0 aliphatic rings. The van der Waals surface area contributed by atoms with Crippen molar-refractivity contribution in [1.82, 2.24) is 0 Å². The summed E-state index contributed by atoms with van der Waals surface area (Å²) in [4.78, 5) is 12.3. The predicted molar refractivity (Wildman–Crippen MR) is 91.1 cm³/mol. The topological polar surface area (TPSA) is 29.1 Å². The number of amides is 1. The lowest BCUT2D eigenvalue weighted by atomic mass is 10.1. The van der Waals surface area contributed by atoms with Gasteiger partial charge in [0.05, 0.1) is 0 Å². The lowest BCUT2D eigenvalue weighted by molar-refractivity contribution is 0.102. The van der Waals surface area contributed by atoms with Gasteiger partial charge in [0.15, 0.2) is 0 Å². The van der Waals surface area contributed by atoms with Crippen molar-refractivity contribution in [2.75, 3.05) is 5.32 Å². The Morgan fingerprint density at radius 3 is 2.48 bits per heavy atom. The highest BCUT2D eigenvalue weighted by atomic mass is 79.9. The Morgan fingerprint density at radius 2 is 1.71 bits per heavy atom. The van der Waals surface area contributed by atoms with Crippen molar-refractivity contribution < 1.29 is 4.79 Å². The molecule has 0 aliphatic heterocycles. The number of fused-ring (bicyclic) bond motifs is 1. The first-order valence-electron chi connectivity index (χ1n) is 6.38. The summed E-state index contributed by atoms with van der Waals surface area (Å²) in [7, 11) is 0. The van der Waals surface area contributed by atoms with Gasteiger partial charge in [-0.3, -0.25) is 4.79 Å². The normalized spacial score (nSPS) is 10.6. The van der Waals surface area contributed by atoms with Crippen LogP contribution in [-0.4, -0.2) is 5.91 Å². The lowest BCUT2D eigenvalue weighted by Crippen LogP contribution is -2.11. The summed E-state index contributed by atoms with van der Waals surface area (Å²) < 4.78 is 0.777. The van der Waals surface area contributed by atoms with Crippen LogP contribution < -0.4 is 5.32 Å². The number of carbonyl (C=O) groups excluding carboxylic acids is 1. The second kappa shape index (κ2) is 5.88. The molecule has 2 nitrogen and oxygen atoms in total. The maximum absolute atomic E-state index is 12.3. The Labute approximate surface area is 135 Å². The van der Waals surface area contributed by atoms with Crippen molar-refractivity contribution in [3.63, 3.8) is 0 Å². The van der Waals surface area contributed by atoms with Crippen LogP contribution in [0.5, 0.6) is 0 Å². The smallest absolute Gasteiger partial charge is 0.255 e. The van der Waals surface area contributed by atoms with E-state index in [1.54, 1.807) is 18.2 Å². The zero-order chi connectivity index (χ0) is 14.8. The molecule has 4 heteroatoms. The molecule has 0 saturated carbocycles. The van der Waals surface area contributed by atoms with Gasteiger partial charge in [-0.2, -0.15) is 0 Å². The lowest BCUT2D eigenvalue weighted by Gasteiger charge is -2.07. The Kier molecular flexibility index (Phi) is 3.95. The molecule has 0 aromatic heterocycles. The molecular weight excluding hydrogens is 350 g/mol. The minimum Gasteiger partial charge on any atom is -0.322 e. The van der Waals surface area contributed by atoms with E-state index in [-0.39, 0.29) is 5.91 Å². The van der Waals surface area contributed by atoms with Gasteiger partial charge in [0, 0.05) is 20.7 Å². The molecule has 1 amide bonds. The summed E-state index contributed by atoms with van der Waals surface area (Å²) in [5, 5.41) is 5.63. The van der Waals surface area contributed by atoms with Gasteiger partial charge < -0.3 is 5.32 Å². The monoisotopic (exact) mass is 359 g/mol. The highest BCUT2D eigenvalue weighted by molar-refractivity contribution is 9.10. The van der Waals surface area contributed by atoms with Crippen molar-refractivity contribution >= 4 is 49.9 Å². The summed E-state index contributed by atoms with van der Waals surface area (Å²) in [5.74, 6) is -0.187. The summed E-state index contributed by atoms with van der Waals surface area (Å²) in [6.07, 6.45) is 0. The van der Waals surface area contributed by atoms with E-state index in [2.05, 4.69) is 21.2 Å². The van der Waals surface area contributed by atoms with Crippen LogP contribution in [0.4, 0.5) is 5.69 Å². The van der Waals surface area contributed by atoms with Gasteiger partial charge in [-0.05, 0) is 41.1 Å². The van der Waals surface area contributed by atoms with Gasteiger partial charge in [0.2, 0.25) is 0 Å². The van der Waals surface area contributed by atoms with Crippen LogP contribution in [-0.2, 0) is 0 Å². The van der Waals surface area contributed by atoms with Crippen molar-refractivity contribution in [1.29, 1.82) is 0 Å². The number of hydrogen-bond donors (Lipinski definition) is 1. The maximum Gasteiger partial charge on any atom is 0.255 e. The molecule has 3 rings (SSSR count). The Bertz CT molecular complexity index is 812. The zero-order valence-corrected chi connectivity index (χ0v) is 13.3. The fourth-order valence-corrected chi connectivity index (χ4v) is 3.02. The molecule has 0 bridgehead atoms. The molecule has 0 spiro atoms. The average molecular weight is 361 g/mol. The molecule has 0 atom stereocenters. The van der Waals surface area contributed by atoms with Gasteiger partial charge in [0.1, 0.15) is 0 Å². The zero-order valence-electron chi connectivity index (χ0n) is 10.9. The van der Waals surface area contributed by atoms with E-state index >= 15 is 0 Å². The summed E-state index contributed by atoms with van der Waals surface area (Å²) in [6, 6.07) is 19.0. The van der Waals surface area contributed by atoms with Crippen LogP contribution in [0.2, 0.25) is 5.02 Å². The largest absolute Gasteiger partial charge is 0.322 e. The third kappa shape index (κ3) is 3.26. The quantitative estimate of drug-likeness (QED) is 0.641. The van der Waals surface area contributed by atoms with E-state index in [4.69, 9.17) is 11.6 Å². The van der Waals surface area contributed by atoms with E-state index in [9.17, 15) is 4.79 Å². The average Bonchev–Trinajstić information content (AvgIpc) is 2.46. The maximum atomic E-state index is 12.3. The fourth-order valence-electron chi connectivity index (χ4n) is 2.16. The molecule has 0 radical (unpaired) electrons. The fraction of sp³-hybridized carbons (Fsp3) is 0.